The van der Waals surface area contributed by atoms with E-state index in [1.54, 1.807) is 0 Å². The predicted octanol–water partition coefficient (Wildman–Crippen LogP) is 3.45. The van der Waals surface area contributed by atoms with E-state index in [0.717, 1.165) is 25.2 Å². The third kappa shape index (κ3) is 2.30. The molecule has 3 rings (SSSR count). The third-order valence-electron chi connectivity index (χ3n) is 3.97. The van der Waals surface area contributed by atoms with E-state index in [9.17, 15) is 0 Å². The van der Waals surface area contributed by atoms with Crippen LogP contribution in [0.4, 0.5) is 11.4 Å². The number of aryl methyl sites for hydroxylation is 2. The fraction of sp³-hybridized carbons (Fsp3) is 0.294. The first-order valence-corrected chi connectivity index (χ1v) is 6.83. The summed E-state index contributed by atoms with van der Waals surface area (Å²) in [5, 5.41) is 0. The summed E-state index contributed by atoms with van der Waals surface area (Å²) in [6.07, 6.45) is 1.13. The molecule has 1 heterocycles. The highest BCUT2D eigenvalue weighted by Gasteiger charge is 2.19. The quantitative estimate of drug-likeness (QED) is 0.829. The van der Waals surface area contributed by atoms with Gasteiger partial charge in [-0.3, -0.25) is 0 Å². The van der Waals surface area contributed by atoms with E-state index in [1.807, 2.05) is 6.07 Å². The van der Waals surface area contributed by atoms with E-state index in [1.165, 1.54) is 27.9 Å². The van der Waals surface area contributed by atoms with Gasteiger partial charge in [-0.25, -0.2) is 0 Å². The van der Waals surface area contributed by atoms with Gasteiger partial charge in [-0.1, -0.05) is 29.8 Å². The Bertz CT molecular complexity index is 617. The Morgan fingerprint density at radius 3 is 2.79 bits per heavy atom. The molecular formula is C17H20N2. The lowest BCUT2D eigenvalue weighted by atomic mass is 10.1. The maximum absolute atomic E-state index is 5.91. The van der Waals surface area contributed by atoms with Crippen LogP contribution in [0, 0.1) is 13.8 Å². The molecule has 0 amide bonds. The molecule has 2 nitrogen and oxygen atoms in total. The summed E-state index contributed by atoms with van der Waals surface area (Å²) < 4.78 is 0. The van der Waals surface area contributed by atoms with Crippen molar-refractivity contribution in [3.63, 3.8) is 0 Å². The van der Waals surface area contributed by atoms with Crippen LogP contribution in [0.5, 0.6) is 0 Å². The SMILES string of the molecule is Cc1ccc(C)c(CN2CCc3ccc(N)cc32)c1. The second-order valence-corrected chi connectivity index (χ2v) is 5.49. The van der Waals surface area contributed by atoms with Crippen LogP contribution < -0.4 is 10.6 Å². The average Bonchev–Trinajstić information content (AvgIpc) is 2.77. The summed E-state index contributed by atoms with van der Waals surface area (Å²) in [7, 11) is 0. The first-order chi connectivity index (χ1) is 9.13. The van der Waals surface area contributed by atoms with Crippen molar-refractivity contribution in [1.29, 1.82) is 0 Å². The fourth-order valence-corrected chi connectivity index (χ4v) is 2.80. The zero-order chi connectivity index (χ0) is 13.4. The lowest BCUT2D eigenvalue weighted by molar-refractivity contribution is 0.831. The van der Waals surface area contributed by atoms with Crippen LogP contribution >= 0.6 is 0 Å². The molecule has 1 aliphatic heterocycles. The van der Waals surface area contributed by atoms with Crippen molar-refractivity contribution in [1.82, 2.24) is 0 Å². The summed E-state index contributed by atoms with van der Waals surface area (Å²) >= 11 is 0. The van der Waals surface area contributed by atoms with Gasteiger partial charge in [0.15, 0.2) is 0 Å². The summed E-state index contributed by atoms with van der Waals surface area (Å²) in [6.45, 7) is 6.40. The average molecular weight is 252 g/mol. The third-order valence-corrected chi connectivity index (χ3v) is 3.97. The second kappa shape index (κ2) is 4.61. The van der Waals surface area contributed by atoms with Gasteiger partial charge in [0.2, 0.25) is 0 Å². The highest BCUT2D eigenvalue weighted by molar-refractivity contribution is 5.64. The lowest BCUT2D eigenvalue weighted by Crippen LogP contribution is -2.20. The van der Waals surface area contributed by atoms with Gasteiger partial charge in [0.1, 0.15) is 0 Å². The van der Waals surface area contributed by atoms with Crippen molar-refractivity contribution in [2.24, 2.45) is 0 Å². The van der Waals surface area contributed by atoms with Gasteiger partial charge in [0, 0.05) is 24.5 Å². The van der Waals surface area contributed by atoms with Gasteiger partial charge in [-0.2, -0.15) is 0 Å². The summed E-state index contributed by atoms with van der Waals surface area (Å²) in [6, 6.07) is 12.9. The van der Waals surface area contributed by atoms with Crippen LogP contribution in [0.1, 0.15) is 22.3 Å². The Kier molecular flexibility index (Phi) is 2.94. The van der Waals surface area contributed by atoms with E-state index >= 15 is 0 Å². The van der Waals surface area contributed by atoms with E-state index < -0.39 is 0 Å². The van der Waals surface area contributed by atoms with Crippen LogP contribution in [0.15, 0.2) is 36.4 Å². The van der Waals surface area contributed by atoms with Gasteiger partial charge >= 0.3 is 0 Å². The number of fused-ring (bicyclic) bond motifs is 1. The number of nitrogen functional groups attached to an aromatic ring is 1. The summed E-state index contributed by atoms with van der Waals surface area (Å²) in [4.78, 5) is 2.44. The summed E-state index contributed by atoms with van der Waals surface area (Å²) in [5.74, 6) is 0. The Balaban J connectivity index is 1.90. The topological polar surface area (TPSA) is 29.3 Å². The molecule has 0 aromatic heterocycles. The van der Waals surface area contributed by atoms with E-state index in [-0.39, 0.29) is 0 Å². The van der Waals surface area contributed by atoms with Gasteiger partial charge in [0.25, 0.3) is 0 Å². The number of hydrogen-bond acceptors (Lipinski definition) is 2. The first kappa shape index (κ1) is 12.1. The van der Waals surface area contributed by atoms with Crippen molar-refractivity contribution in [3.8, 4) is 0 Å². The standard InChI is InChI=1S/C17H20N2/c1-12-3-4-13(2)15(9-12)11-19-8-7-14-5-6-16(18)10-17(14)19/h3-6,9-10H,7-8,11,18H2,1-2H3. The molecule has 98 valence electrons. The number of rotatable bonds is 2. The Morgan fingerprint density at radius 2 is 1.95 bits per heavy atom. The normalized spacial score (nSPS) is 13.7. The second-order valence-electron chi connectivity index (χ2n) is 5.49. The Hall–Kier alpha value is -1.96. The maximum Gasteiger partial charge on any atom is 0.0432 e. The van der Waals surface area contributed by atoms with Crippen molar-refractivity contribution in [2.45, 2.75) is 26.8 Å². The van der Waals surface area contributed by atoms with E-state index in [4.69, 9.17) is 5.73 Å². The minimum Gasteiger partial charge on any atom is -0.399 e. The maximum atomic E-state index is 5.91. The fourth-order valence-electron chi connectivity index (χ4n) is 2.80. The minimum absolute atomic E-state index is 0.853. The molecule has 0 spiro atoms. The van der Waals surface area contributed by atoms with Crippen molar-refractivity contribution >= 4 is 11.4 Å². The minimum atomic E-state index is 0.853. The summed E-state index contributed by atoms with van der Waals surface area (Å²) in [5.41, 5.74) is 13.6. The molecule has 0 aliphatic carbocycles. The van der Waals surface area contributed by atoms with E-state index in [2.05, 4.69) is 49.1 Å². The molecule has 1 aliphatic rings. The van der Waals surface area contributed by atoms with Crippen molar-refractivity contribution in [2.75, 3.05) is 17.2 Å². The highest BCUT2D eigenvalue weighted by Crippen LogP contribution is 2.31. The molecule has 0 bridgehead atoms. The zero-order valence-corrected chi connectivity index (χ0v) is 11.6. The smallest absolute Gasteiger partial charge is 0.0432 e. The Morgan fingerprint density at radius 1 is 1.11 bits per heavy atom. The molecule has 2 aromatic rings. The molecule has 2 heteroatoms. The van der Waals surface area contributed by atoms with Crippen LogP contribution in [-0.2, 0) is 13.0 Å². The van der Waals surface area contributed by atoms with Crippen LogP contribution in [0.2, 0.25) is 0 Å². The Labute approximate surface area is 114 Å². The monoisotopic (exact) mass is 252 g/mol. The number of anilines is 2. The van der Waals surface area contributed by atoms with Crippen molar-refractivity contribution < 1.29 is 0 Å². The number of benzene rings is 2. The number of hydrogen-bond donors (Lipinski definition) is 1. The molecular weight excluding hydrogens is 232 g/mol. The van der Waals surface area contributed by atoms with Crippen LogP contribution in [0.3, 0.4) is 0 Å². The number of nitrogens with zero attached hydrogens (tertiary/aromatic N) is 1. The van der Waals surface area contributed by atoms with Gasteiger partial charge < -0.3 is 10.6 Å². The lowest BCUT2D eigenvalue weighted by Gasteiger charge is -2.21. The predicted molar refractivity (Wildman–Crippen MR) is 81.5 cm³/mol. The molecule has 2 N–H and O–H groups in total. The molecule has 0 saturated heterocycles. The first-order valence-electron chi connectivity index (χ1n) is 6.83. The molecule has 0 saturated carbocycles. The molecule has 19 heavy (non-hydrogen) atoms. The highest BCUT2D eigenvalue weighted by atomic mass is 15.1. The largest absolute Gasteiger partial charge is 0.399 e. The number of nitrogens with two attached hydrogens (primary N) is 1. The molecule has 2 aromatic carbocycles. The van der Waals surface area contributed by atoms with Crippen molar-refractivity contribution in [3.05, 3.63) is 58.7 Å². The van der Waals surface area contributed by atoms with E-state index in [0.29, 0.717) is 0 Å². The molecule has 0 atom stereocenters. The van der Waals surface area contributed by atoms with Gasteiger partial charge in [-0.15, -0.1) is 0 Å². The molecule has 0 unspecified atom stereocenters. The molecule has 0 radical (unpaired) electrons. The van der Waals surface area contributed by atoms with Crippen LogP contribution in [-0.4, -0.2) is 6.54 Å². The zero-order valence-electron chi connectivity index (χ0n) is 11.6. The van der Waals surface area contributed by atoms with Gasteiger partial charge in [-0.05, 0) is 49.1 Å². The molecule has 0 fully saturated rings. The van der Waals surface area contributed by atoms with Gasteiger partial charge in [0.05, 0.1) is 0 Å². The van der Waals surface area contributed by atoms with Crippen LogP contribution in [0.25, 0.3) is 0 Å².